The molecule has 0 radical (unpaired) electrons. The number of rotatable bonds is 16. The summed E-state index contributed by atoms with van der Waals surface area (Å²) in [4.78, 5) is 20.6. The van der Waals surface area contributed by atoms with E-state index in [0.29, 0.717) is 31.1 Å². The molecule has 1 fully saturated rings. The molecule has 4 nitrogen and oxygen atoms in total. The number of Topliss-reactive ketones (excluding diaryl/α,β-unsaturated/α-hetero) is 1. The molecule has 1 unspecified atom stereocenters. The summed E-state index contributed by atoms with van der Waals surface area (Å²) in [5, 5.41) is 0. The first-order chi connectivity index (χ1) is 15.4. The Morgan fingerprint density at radius 3 is 2.12 bits per heavy atom. The Kier molecular flexibility index (Phi) is 23.7. The second-order valence-corrected chi connectivity index (χ2v) is 8.24. The lowest BCUT2D eigenvalue weighted by Crippen LogP contribution is -2.43. The molecule has 2 N–H and O–H groups in total. The molecule has 0 aliphatic heterocycles. The van der Waals surface area contributed by atoms with Crippen molar-refractivity contribution in [2.24, 2.45) is 11.7 Å². The first-order valence-corrected chi connectivity index (χ1v) is 12.1. The van der Waals surface area contributed by atoms with Gasteiger partial charge in [-0.3, -0.25) is 4.79 Å². The smallest absolute Gasteiger partial charge is 0.136 e. The Balaban J connectivity index is 0. The van der Waals surface area contributed by atoms with Crippen molar-refractivity contribution in [3.8, 4) is 37.0 Å². The van der Waals surface area contributed by atoms with E-state index in [-0.39, 0.29) is 5.54 Å². The number of hydrogen-bond donors (Lipinski definition) is 1. The molecule has 1 aliphatic carbocycles. The van der Waals surface area contributed by atoms with Gasteiger partial charge in [-0.1, -0.05) is 20.3 Å². The van der Waals surface area contributed by atoms with Crippen LogP contribution in [0.3, 0.4) is 0 Å². The van der Waals surface area contributed by atoms with E-state index in [2.05, 4.69) is 31.6 Å². The van der Waals surface area contributed by atoms with Gasteiger partial charge in [-0.25, -0.2) is 0 Å². The van der Waals surface area contributed by atoms with Crippen LogP contribution in [0.2, 0.25) is 0 Å². The lowest BCUT2D eigenvalue weighted by atomic mass is 9.93. The monoisotopic (exact) mass is 443 g/mol. The maximum absolute atomic E-state index is 11.0. The van der Waals surface area contributed by atoms with Gasteiger partial charge in [0.1, 0.15) is 12.1 Å². The van der Waals surface area contributed by atoms with Crippen molar-refractivity contribution in [1.29, 1.82) is 0 Å². The van der Waals surface area contributed by atoms with Crippen LogP contribution in [-0.4, -0.2) is 30.8 Å². The van der Waals surface area contributed by atoms with Gasteiger partial charge in [0, 0.05) is 50.2 Å². The zero-order valence-electron chi connectivity index (χ0n) is 20.5. The summed E-state index contributed by atoms with van der Waals surface area (Å²) >= 11 is 0. The molecule has 0 aromatic heterocycles. The second-order valence-electron chi connectivity index (χ2n) is 8.24. The predicted octanol–water partition coefficient (Wildman–Crippen LogP) is 5.47. The normalized spacial score (nSPS) is 13.5. The molecule has 180 valence electrons. The largest absolute Gasteiger partial charge is 0.380 e. The number of nitrogens with two attached hydrogens (primary N) is 1. The molecule has 0 bridgehead atoms. The Labute approximate surface area is 197 Å². The summed E-state index contributed by atoms with van der Waals surface area (Å²) < 4.78 is 5.60. The van der Waals surface area contributed by atoms with Crippen LogP contribution < -0.4 is 5.73 Å². The molecule has 1 rings (SSSR count). The second kappa shape index (κ2) is 23.6. The molecule has 1 saturated carbocycles. The van der Waals surface area contributed by atoms with Crippen molar-refractivity contribution in [1.82, 2.24) is 0 Å². The highest BCUT2D eigenvalue weighted by Gasteiger charge is 2.28. The summed E-state index contributed by atoms with van der Waals surface area (Å²) in [6, 6.07) is 0. The molecule has 0 heterocycles. The minimum Gasteiger partial charge on any atom is -0.380 e. The number of aldehydes is 1. The minimum atomic E-state index is -0.124. The van der Waals surface area contributed by atoms with Gasteiger partial charge in [0.05, 0.1) is 6.61 Å². The number of carbonyl (C=O) groups is 2. The molecular weight excluding hydrogens is 398 g/mol. The molecule has 0 aromatic rings. The average Bonchev–Trinajstić information content (AvgIpc) is 3.63. The molecule has 0 spiro atoms. The third-order valence-corrected chi connectivity index (χ3v) is 5.12. The first-order valence-electron chi connectivity index (χ1n) is 12.1. The van der Waals surface area contributed by atoms with E-state index in [9.17, 15) is 9.59 Å². The minimum absolute atomic E-state index is 0.124. The molecule has 32 heavy (non-hydrogen) atoms. The molecule has 0 saturated heterocycles. The quantitative estimate of drug-likeness (QED) is 0.195. The van der Waals surface area contributed by atoms with E-state index in [1.54, 1.807) is 0 Å². The SMILES string of the molecule is C#CCCCC(=O)C1CC1.C#CCCCC=O.C#CCCCCOCC(N)(CC)CCC. The fourth-order valence-electron chi connectivity index (χ4n) is 2.82. The third-order valence-electron chi connectivity index (χ3n) is 5.12. The lowest BCUT2D eigenvalue weighted by molar-refractivity contribution is -0.120. The van der Waals surface area contributed by atoms with Gasteiger partial charge < -0.3 is 15.3 Å². The molecule has 4 heteroatoms. The highest BCUT2D eigenvalue weighted by molar-refractivity contribution is 5.83. The maximum atomic E-state index is 11.0. The van der Waals surface area contributed by atoms with Crippen LogP contribution in [0.4, 0.5) is 0 Å². The Bertz CT molecular complexity index is 589. The number of ether oxygens (including phenoxy) is 1. The lowest BCUT2D eigenvalue weighted by Gasteiger charge is -2.27. The number of hydrogen-bond acceptors (Lipinski definition) is 4. The Hall–Kier alpha value is -2.06. The Morgan fingerprint density at radius 2 is 1.62 bits per heavy atom. The highest BCUT2D eigenvalue weighted by atomic mass is 16.5. The predicted molar refractivity (Wildman–Crippen MR) is 135 cm³/mol. The zero-order valence-corrected chi connectivity index (χ0v) is 20.5. The zero-order chi connectivity index (χ0) is 24.5. The van der Waals surface area contributed by atoms with E-state index in [4.69, 9.17) is 29.7 Å². The number of carbonyl (C=O) groups excluding carboxylic acids is 2. The summed E-state index contributed by atoms with van der Waals surface area (Å²) in [5.74, 6) is 8.44. The average molecular weight is 444 g/mol. The highest BCUT2D eigenvalue weighted by Crippen LogP contribution is 2.31. The van der Waals surface area contributed by atoms with Crippen LogP contribution in [0, 0.1) is 42.9 Å². The number of terminal acetylenes is 3. The van der Waals surface area contributed by atoms with E-state index >= 15 is 0 Å². The standard InChI is InChI=1S/C13H25NO.C9H12O.C6H8O/c1-4-7-8-9-11-15-12-13(14,6-3)10-5-2;1-2-3-4-5-9(10)8-6-7-8;1-2-3-4-5-6-7/h1H,5-12,14H2,2-3H3;1,8H,3-7H2;1,6H,3-5H2. The van der Waals surface area contributed by atoms with Crippen LogP contribution in [0.15, 0.2) is 0 Å². The van der Waals surface area contributed by atoms with Gasteiger partial charge in [-0.2, -0.15) is 0 Å². The van der Waals surface area contributed by atoms with Gasteiger partial charge in [-0.15, -0.1) is 37.0 Å². The molecule has 1 aliphatic rings. The van der Waals surface area contributed by atoms with Gasteiger partial charge in [0.2, 0.25) is 0 Å². The number of ketones is 1. The van der Waals surface area contributed by atoms with Gasteiger partial charge in [-0.05, 0) is 51.4 Å². The van der Waals surface area contributed by atoms with Gasteiger partial charge in [0.15, 0.2) is 0 Å². The molecule has 1 atom stereocenters. The van der Waals surface area contributed by atoms with E-state index in [1.165, 1.54) is 0 Å². The first kappa shape index (κ1) is 32.1. The molecule has 0 aromatic carbocycles. The summed E-state index contributed by atoms with van der Waals surface area (Å²) in [5.41, 5.74) is 6.07. The van der Waals surface area contributed by atoms with Crippen LogP contribution >= 0.6 is 0 Å². The molecule has 0 amide bonds. The summed E-state index contributed by atoms with van der Waals surface area (Å²) in [6.07, 6.45) is 28.8. The van der Waals surface area contributed by atoms with E-state index in [1.807, 2.05) is 0 Å². The van der Waals surface area contributed by atoms with Crippen molar-refractivity contribution >= 4 is 12.1 Å². The van der Waals surface area contributed by atoms with Crippen LogP contribution in [0.25, 0.3) is 0 Å². The van der Waals surface area contributed by atoms with Crippen molar-refractivity contribution < 1.29 is 14.3 Å². The fraction of sp³-hybridized carbons (Fsp3) is 0.714. The van der Waals surface area contributed by atoms with Gasteiger partial charge >= 0.3 is 0 Å². The van der Waals surface area contributed by atoms with Crippen LogP contribution in [0.5, 0.6) is 0 Å². The van der Waals surface area contributed by atoms with Crippen molar-refractivity contribution in [3.05, 3.63) is 0 Å². The van der Waals surface area contributed by atoms with Crippen molar-refractivity contribution in [2.75, 3.05) is 13.2 Å². The fourth-order valence-corrected chi connectivity index (χ4v) is 2.82. The topological polar surface area (TPSA) is 69.4 Å². The van der Waals surface area contributed by atoms with Crippen LogP contribution in [0.1, 0.15) is 104 Å². The summed E-state index contributed by atoms with van der Waals surface area (Å²) in [6.45, 7) is 5.74. The van der Waals surface area contributed by atoms with Gasteiger partial charge in [0.25, 0.3) is 0 Å². The Morgan fingerprint density at radius 1 is 1.03 bits per heavy atom. The van der Waals surface area contributed by atoms with E-state index in [0.717, 1.165) is 89.9 Å². The number of unbranched alkanes of at least 4 members (excludes halogenated alkanes) is 5. The van der Waals surface area contributed by atoms with Crippen molar-refractivity contribution in [2.45, 2.75) is 109 Å². The third kappa shape index (κ3) is 22.6. The molecular formula is C28H45NO3. The van der Waals surface area contributed by atoms with Crippen molar-refractivity contribution in [3.63, 3.8) is 0 Å². The van der Waals surface area contributed by atoms with E-state index < -0.39 is 0 Å². The maximum Gasteiger partial charge on any atom is 0.136 e. The summed E-state index contributed by atoms with van der Waals surface area (Å²) in [7, 11) is 0. The van der Waals surface area contributed by atoms with Crippen LogP contribution in [-0.2, 0) is 14.3 Å².